The van der Waals surface area contributed by atoms with Crippen LogP contribution in [-0.2, 0) is 0 Å². The second kappa shape index (κ2) is 4.54. The highest BCUT2D eigenvalue weighted by molar-refractivity contribution is 5.83. The van der Waals surface area contributed by atoms with E-state index in [9.17, 15) is 9.70 Å². The summed E-state index contributed by atoms with van der Waals surface area (Å²) in [6.45, 7) is 0. The smallest absolute Gasteiger partial charge is 0.247 e. The molecule has 0 saturated carbocycles. The van der Waals surface area contributed by atoms with Crippen molar-refractivity contribution in [2.45, 2.75) is 0 Å². The number of aromatic amines is 1. The molecule has 0 saturated heterocycles. The van der Waals surface area contributed by atoms with Crippen LogP contribution in [0.2, 0.25) is 0 Å². The first-order valence-electron chi connectivity index (χ1n) is 5.82. The monoisotopic (exact) mass is 268 g/mol. The number of nitroso groups, excluding NO2 is 1. The van der Waals surface area contributed by atoms with Crippen molar-refractivity contribution in [2.75, 3.05) is 5.73 Å². The van der Waals surface area contributed by atoms with Crippen LogP contribution in [0.1, 0.15) is 0 Å². The lowest BCUT2D eigenvalue weighted by Crippen LogP contribution is -2.19. The van der Waals surface area contributed by atoms with Gasteiger partial charge in [0.2, 0.25) is 23.2 Å². The first-order valence-corrected chi connectivity index (χ1v) is 5.82. The lowest BCUT2D eigenvalue weighted by atomic mass is 10.2. The molecule has 0 unspecified atom stereocenters. The molecule has 2 aromatic heterocycles. The number of nitrogens with one attached hydrogen (secondary N) is 1. The van der Waals surface area contributed by atoms with Crippen LogP contribution >= 0.6 is 0 Å². The zero-order chi connectivity index (χ0) is 14.1. The van der Waals surface area contributed by atoms with Crippen molar-refractivity contribution in [3.8, 4) is 5.69 Å². The Labute approximate surface area is 112 Å². The van der Waals surface area contributed by atoms with Crippen LogP contribution in [-0.4, -0.2) is 9.55 Å². The zero-order valence-electron chi connectivity index (χ0n) is 10.3. The fraction of sp³-hybridized carbons (Fsp3) is 0. The molecular formula is C13H10N5O2+. The average molecular weight is 268 g/mol. The first-order chi connectivity index (χ1) is 9.70. The molecule has 0 spiro atoms. The van der Waals surface area contributed by atoms with Crippen molar-refractivity contribution in [2.24, 2.45) is 5.18 Å². The van der Waals surface area contributed by atoms with E-state index < -0.39 is 0 Å². The standard InChI is InChI=1S/C13H9N5O2/c14-12-11-10(19)5-6-18(13(11)16-7-15-12)9-3-1-8(17-20)2-4-9/h1-7H,(H2,14,15,16)/p+1. The SMILES string of the molecule is Nc1nc[nH+]c2c1c(=O)ccn2-c1ccc(N=O)cc1. The van der Waals surface area contributed by atoms with Gasteiger partial charge in [0.15, 0.2) is 5.39 Å². The number of hydrogen-bond donors (Lipinski definition) is 1. The molecule has 0 bridgehead atoms. The minimum Gasteiger partial charge on any atom is -0.369 e. The molecule has 0 fully saturated rings. The van der Waals surface area contributed by atoms with Gasteiger partial charge in [0.1, 0.15) is 11.4 Å². The minimum atomic E-state index is -0.204. The van der Waals surface area contributed by atoms with Crippen molar-refractivity contribution < 1.29 is 4.98 Å². The number of benzene rings is 1. The Morgan fingerprint density at radius 2 is 1.95 bits per heavy atom. The highest BCUT2D eigenvalue weighted by Gasteiger charge is 2.14. The Morgan fingerprint density at radius 3 is 2.65 bits per heavy atom. The van der Waals surface area contributed by atoms with E-state index in [1.54, 1.807) is 35.0 Å². The summed E-state index contributed by atoms with van der Waals surface area (Å²) in [7, 11) is 0. The molecule has 0 aliphatic heterocycles. The summed E-state index contributed by atoms with van der Waals surface area (Å²) in [5.74, 6) is 0.171. The largest absolute Gasteiger partial charge is 0.369 e. The van der Waals surface area contributed by atoms with E-state index >= 15 is 0 Å². The number of rotatable bonds is 2. The van der Waals surface area contributed by atoms with Crippen LogP contribution in [0.15, 0.2) is 52.8 Å². The van der Waals surface area contributed by atoms with Gasteiger partial charge in [0, 0.05) is 6.07 Å². The molecule has 0 amide bonds. The van der Waals surface area contributed by atoms with Crippen LogP contribution in [0.4, 0.5) is 11.5 Å². The molecule has 0 radical (unpaired) electrons. The molecular weight excluding hydrogens is 258 g/mol. The van der Waals surface area contributed by atoms with E-state index in [0.29, 0.717) is 16.7 Å². The lowest BCUT2D eigenvalue weighted by molar-refractivity contribution is -0.353. The number of nitrogen functional groups attached to an aromatic ring is 1. The van der Waals surface area contributed by atoms with E-state index in [-0.39, 0.29) is 11.2 Å². The van der Waals surface area contributed by atoms with E-state index in [1.807, 2.05) is 0 Å². The van der Waals surface area contributed by atoms with Gasteiger partial charge in [-0.1, -0.05) is 4.98 Å². The fourth-order valence-electron chi connectivity index (χ4n) is 2.04. The molecule has 7 nitrogen and oxygen atoms in total. The fourth-order valence-corrected chi connectivity index (χ4v) is 2.04. The van der Waals surface area contributed by atoms with Gasteiger partial charge in [-0.15, -0.1) is 4.91 Å². The molecule has 0 atom stereocenters. The molecule has 3 aromatic rings. The number of nitrogens with zero attached hydrogens (tertiary/aromatic N) is 3. The summed E-state index contributed by atoms with van der Waals surface area (Å²) in [5, 5.41) is 3.18. The predicted molar refractivity (Wildman–Crippen MR) is 73.8 cm³/mol. The number of nitrogens with two attached hydrogens (primary N) is 1. The van der Waals surface area contributed by atoms with Crippen molar-refractivity contribution in [1.82, 2.24) is 9.55 Å². The van der Waals surface area contributed by atoms with Crippen LogP contribution < -0.4 is 16.1 Å². The molecule has 1 aromatic carbocycles. The molecule has 3 rings (SSSR count). The second-order valence-corrected chi connectivity index (χ2v) is 4.17. The zero-order valence-corrected chi connectivity index (χ0v) is 10.3. The molecule has 0 aliphatic carbocycles. The molecule has 20 heavy (non-hydrogen) atoms. The summed E-state index contributed by atoms with van der Waals surface area (Å²) in [6.07, 6.45) is 3.05. The normalized spacial score (nSPS) is 10.6. The number of fused-ring (bicyclic) bond motifs is 1. The Morgan fingerprint density at radius 1 is 1.20 bits per heavy atom. The van der Waals surface area contributed by atoms with Gasteiger partial charge in [0.25, 0.3) is 0 Å². The van der Waals surface area contributed by atoms with Gasteiger partial charge >= 0.3 is 0 Å². The van der Waals surface area contributed by atoms with Crippen LogP contribution in [0.3, 0.4) is 0 Å². The quantitative estimate of drug-likeness (QED) is 0.704. The summed E-state index contributed by atoms with van der Waals surface area (Å²) >= 11 is 0. The van der Waals surface area contributed by atoms with Crippen molar-refractivity contribution in [3.63, 3.8) is 0 Å². The van der Waals surface area contributed by atoms with E-state index in [2.05, 4.69) is 15.1 Å². The van der Waals surface area contributed by atoms with Crippen LogP contribution in [0.25, 0.3) is 16.7 Å². The minimum absolute atomic E-state index is 0.171. The van der Waals surface area contributed by atoms with Gasteiger partial charge in [-0.3, -0.25) is 4.79 Å². The summed E-state index contributed by atoms with van der Waals surface area (Å²) < 4.78 is 1.75. The van der Waals surface area contributed by atoms with Crippen molar-refractivity contribution in [1.29, 1.82) is 0 Å². The highest BCUT2D eigenvalue weighted by atomic mass is 16.3. The van der Waals surface area contributed by atoms with E-state index in [1.165, 1.54) is 12.4 Å². The van der Waals surface area contributed by atoms with Gasteiger partial charge in [0.05, 0.1) is 6.20 Å². The van der Waals surface area contributed by atoms with Gasteiger partial charge in [-0.05, 0) is 29.4 Å². The third-order valence-corrected chi connectivity index (χ3v) is 2.99. The number of H-pyrrole nitrogens is 1. The maximum Gasteiger partial charge on any atom is 0.247 e. The third kappa shape index (κ3) is 1.81. The Kier molecular flexibility index (Phi) is 2.72. The van der Waals surface area contributed by atoms with Gasteiger partial charge < -0.3 is 5.73 Å². The average Bonchev–Trinajstić information content (AvgIpc) is 2.48. The molecule has 0 aliphatic rings. The second-order valence-electron chi connectivity index (χ2n) is 4.17. The molecule has 7 heteroatoms. The number of aromatic nitrogens is 3. The molecule has 2 heterocycles. The Balaban J connectivity index is 2.31. The highest BCUT2D eigenvalue weighted by Crippen LogP contribution is 2.18. The van der Waals surface area contributed by atoms with Gasteiger partial charge in [-0.25, -0.2) is 9.55 Å². The van der Waals surface area contributed by atoms with Gasteiger partial charge in [-0.2, -0.15) is 0 Å². The summed E-state index contributed by atoms with van der Waals surface area (Å²) in [6, 6.07) is 8.06. The van der Waals surface area contributed by atoms with Crippen molar-refractivity contribution >= 4 is 22.5 Å². The maximum absolute atomic E-state index is 11.9. The summed E-state index contributed by atoms with van der Waals surface area (Å²) in [5.41, 5.74) is 7.19. The molecule has 98 valence electrons. The maximum atomic E-state index is 11.9. The summed E-state index contributed by atoms with van der Waals surface area (Å²) in [4.78, 5) is 29.1. The third-order valence-electron chi connectivity index (χ3n) is 2.99. The Bertz CT molecular complexity index is 855. The number of pyridine rings is 1. The van der Waals surface area contributed by atoms with Crippen LogP contribution in [0, 0.1) is 4.91 Å². The van der Waals surface area contributed by atoms with E-state index in [4.69, 9.17) is 5.73 Å². The lowest BCUT2D eigenvalue weighted by Gasteiger charge is -2.05. The van der Waals surface area contributed by atoms with Crippen LogP contribution in [0.5, 0.6) is 0 Å². The number of anilines is 1. The topological polar surface area (TPSA) is 104 Å². The first kappa shape index (κ1) is 12.0. The number of hydrogen-bond acceptors (Lipinski definition) is 5. The molecule has 3 N–H and O–H groups in total. The predicted octanol–water partition coefficient (Wildman–Crippen LogP) is 1.18. The van der Waals surface area contributed by atoms with Crippen molar-refractivity contribution in [3.05, 3.63) is 58.0 Å². The van der Waals surface area contributed by atoms with E-state index in [0.717, 1.165) is 5.69 Å². The Hall–Kier alpha value is -3.09.